The van der Waals surface area contributed by atoms with E-state index in [0.29, 0.717) is 16.7 Å². The summed E-state index contributed by atoms with van der Waals surface area (Å²) in [4.78, 5) is 6.03. The molecule has 0 N–H and O–H groups in total. The highest BCUT2D eigenvalue weighted by atomic mass is 127. The monoisotopic (exact) mass is 692 g/mol. The van der Waals surface area contributed by atoms with Gasteiger partial charge in [0.2, 0.25) is 0 Å². The van der Waals surface area contributed by atoms with Gasteiger partial charge in [0.25, 0.3) is 0 Å². The Morgan fingerprint density at radius 3 is 2.74 bits per heavy atom. The Kier molecular flexibility index (Phi) is 7.81. The van der Waals surface area contributed by atoms with Gasteiger partial charge in [0.1, 0.15) is 23.4 Å². The zero-order chi connectivity index (χ0) is 22.0. The van der Waals surface area contributed by atoms with Crippen molar-refractivity contribution in [2.24, 2.45) is 4.99 Å². The summed E-state index contributed by atoms with van der Waals surface area (Å²) in [6.45, 7) is 0.324. The third kappa shape index (κ3) is 5.38. The average molecular weight is 693 g/mol. The highest BCUT2D eigenvalue weighted by Crippen LogP contribution is 2.39. The standard InChI is InChI=1S/C23H16Cl2I2N2OS/c24-15-6-5-13(19(25)8-15)12-30-22-14(7-16(26)9-20(22)27)11-29-23-18(10-28)17-3-1-2-4-21(17)31-23/h5-9,11H,1-4,12H2. The van der Waals surface area contributed by atoms with Gasteiger partial charge in [-0.1, -0.05) is 29.3 Å². The molecule has 1 aliphatic carbocycles. The number of nitriles is 1. The van der Waals surface area contributed by atoms with Gasteiger partial charge in [-0.15, -0.1) is 11.3 Å². The molecule has 4 rings (SSSR count). The van der Waals surface area contributed by atoms with E-state index in [2.05, 4.69) is 57.3 Å². The first-order valence-corrected chi connectivity index (χ1v) is 13.3. The summed E-state index contributed by atoms with van der Waals surface area (Å²) in [5.41, 5.74) is 3.65. The van der Waals surface area contributed by atoms with Gasteiger partial charge in [-0.2, -0.15) is 5.26 Å². The molecule has 31 heavy (non-hydrogen) atoms. The fourth-order valence-electron chi connectivity index (χ4n) is 3.50. The molecule has 0 saturated carbocycles. The molecule has 0 saturated heterocycles. The van der Waals surface area contributed by atoms with Crippen LogP contribution in [0.25, 0.3) is 0 Å². The van der Waals surface area contributed by atoms with Crippen molar-refractivity contribution in [3.05, 3.63) is 74.6 Å². The van der Waals surface area contributed by atoms with Gasteiger partial charge in [-0.05, 0) is 101 Å². The van der Waals surface area contributed by atoms with Gasteiger partial charge >= 0.3 is 0 Å². The van der Waals surface area contributed by atoms with E-state index in [-0.39, 0.29) is 0 Å². The van der Waals surface area contributed by atoms with Crippen LogP contribution in [0.15, 0.2) is 35.3 Å². The van der Waals surface area contributed by atoms with Crippen molar-refractivity contribution in [1.29, 1.82) is 5.26 Å². The quantitative estimate of drug-likeness (QED) is 0.199. The number of aliphatic imine (C=N–C) groups is 1. The summed E-state index contributed by atoms with van der Waals surface area (Å²) in [6, 6.07) is 11.8. The summed E-state index contributed by atoms with van der Waals surface area (Å²) in [5, 5.41) is 11.6. The lowest BCUT2D eigenvalue weighted by molar-refractivity contribution is 0.303. The number of thiophene rings is 1. The lowest BCUT2D eigenvalue weighted by atomic mass is 9.96. The van der Waals surface area contributed by atoms with Crippen LogP contribution >= 0.6 is 79.7 Å². The molecule has 0 aliphatic heterocycles. The summed E-state index contributed by atoms with van der Waals surface area (Å²) in [7, 11) is 0. The number of aryl methyl sites for hydroxylation is 1. The van der Waals surface area contributed by atoms with Crippen LogP contribution in [-0.2, 0) is 19.4 Å². The van der Waals surface area contributed by atoms with E-state index in [9.17, 15) is 5.26 Å². The maximum atomic E-state index is 9.69. The van der Waals surface area contributed by atoms with Crippen LogP contribution in [-0.4, -0.2) is 6.21 Å². The Balaban J connectivity index is 1.64. The van der Waals surface area contributed by atoms with Crippen molar-refractivity contribution in [2.45, 2.75) is 32.3 Å². The fraction of sp³-hybridized carbons (Fsp3) is 0.217. The molecule has 8 heteroatoms. The molecule has 3 aromatic rings. The van der Waals surface area contributed by atoms with Crippen LogP contribution in [0.1, 0.15) is 40.0 Å². The third-order valence-electron chi connectivity index (χ3n) is 5.01. The van der Waals surface area contributed by atoms with Crippen molar-refractivity contribution in [3.63, 3.8) is 0 Å². The maximum absolute atomic E-state index is 9.69. The van der Waals surface area contributed by atoms with Crippen LogP contribution in [0.5, 0.6) is 5.75 Å². The number of hydrogen-bond acceptors (Lipinski definition) is 4. The number of benzene rings is 2. The molecule has 0 spiro atoms. The minimum Gasteiger partial charge on any atom is -0.487 e. The first-order valence-electron chi connectivity index (χ1n) is 9.60. The largest absolute Gasteiger partial charge is 0.487 e. The van der Waals surface area contributed by atoms with Crippen molar-refractivity contribution in [2.75, 3.05) is 0 Å². The van der Waals surface area contributed by atoms with Crippen molar-refractivity contribution < 1.29 is 4.74 Å². The molecule has 158 valence electrons. The summed E-state index contributed by atoms with van der Waals surface area (Å²) in [5.74, 6) is 0.746. The maximum Gasteiger partial charge on any atom is 0.141 e. The van der Waals surface area contributed by atoms with Gasteiger partial charge < -0.3 is 4.74 Å². The predicted molar refractivity (Wildman–Crippen MR) is 146 cm³/mol. The Morgan fingerprint density at radius 1 is 1.16 bits per heavy atom. The molecule has 2 aromatic carbocycles. The van der Waals surface area contributed by atoms with Crippen LogP contribution < -0.4 is 4.74 Å². The Hall–Kier alpha value is -0.860. The minimum atomic E-state index is 0.324. The zero-order valence-electron chi connectivity index (χ0n) is 16.2. The topological polar surface area (TPSA) is 45.4 Å². The van der Waals surface area contributed by atoms with E-state index in [1.54, 1.807) is 29.7 Å². The van der Waals surface area contributed by atoms with Crippen molar-refractivity contribution in [3.8, 4) is 11.8 Å². The third-order valence-corrected chi connectivity index (χ3v) is 8.22. The number of ether oxygens (including phenoxy) is 1. The van der Waals surface area contributed by atoms with Gasteiger partial charge in [-0.3, -0.25) is 0 Å². The van der Waals surface area contributed by atoms with E-state index in [4.69, 9.17) is 32.9 Å². The number of rotatable bonds is 5. The highest BCUT2D eigenvalue weighted by molar-refractivity contribution is 14.1. The predicted octanol–water partition coefficient (Wildman–Crippen LogP) is 8.34. The second-order valence-corrected chi connectivity index (χ2v) is 11.4. The van der Waals surface area contributed by atoms with Gasteiger partial charge in [0.15, 0.2) is 0 Å². The molecule has 0 atom stereocenters. The fourth-order valence-corrected chi connectivity index (χ4v) is 7.19. The summed E-state index contributed by atoms with van der Waals surface area (Å²) >= 11 is 18.5. The van der Waals surface area contributed by atoms with Crippen molar-refractivity contribution in [1.82, 2.24) is 0 Å². The summed E-state index contributed by atoms with van der Waals surface area (Å²) in [6.07, 6.45) is 6.15. The Labute approximate surface area is 222 Å². The lowest BCUT2D eigenvalue weighted by Gasteiger charge is -2.13. The molecule has 3 nitrogen and oxygen atoms in total. The number of hydrogen-bond donors (Lipinski definition) is 0. The van der Waals surface area contributed by atoms with E-state index >= 15 is 0 Å². The molecule has 1 aromatic heterocycles. The Bertz CT molecular complexity index is 1220. The number of fused-ring (bicyclic) bond motifs is 1. The first kappa shape index (κ1) is 23.3. The minimum absolute atomic E-state index is 0.324. The smallest absolute Gasteiger partial charge is 0.141 e. The molecule has 0 radical (unpaired) electrons. The highest BCUT2D eigenvalue weighted by Gasteiger charge is 2.20. The van der Waals surface area contributed by atoms with E-state index in [0.717, 1.165) is 53.8 Å². The van der Waals surface area contributed by atoms with Crippen LogP contribution in [0.4, 0.5) is 5.00 Å². The summed E-state index contributed by atoms with van der Waals surface area (Å²) < 4.78 is 8.24. The van der Waals surface area contributed by atoms with Crippen LogP contribution in [0, 0.1) is 18.5 Å². The number of halogens is 4. The molecule has 1 aliphatic rings. The van der Waals surface area contributed by atoms with Gasteiger partial charge in [0.05, 0.1) is 9.13 Å². The first-order chi connectivity index (χ1) is 15.0. The average Bonchev–Trinajstić information content (AvgIpc) is 3.10. The molecular formula is C23H16Cl2I2N2OS. The molecule has 0 unspecified atom stereocenters. The molecular weight excluding hydrogens is 677 g/mol. The van der Waals surface area contributed by atoms with E-state index in [1.165, 1.54) is 16.9 Å². The second kappa shape index (κ2) is 10.4. The van der Waals surface area contributed by atoms with Gasteiger partial charge in [0, 0.05) is 35.8 Å². The molecule has 0 fully saturated rings. The van der Waals surface area contributed by atoms with Crippen molar-refractivity contribution >= 4 is 90.9 Å². The number of nitrogens with zero attached hydrogens (tertiary/aromatic N) is 2. The van der Waals surface area contributed by atoms with Gasteiger partial charge in [-0.25, -0.2) is 4.99 Å². The molecule has 1 heterocycles. The van der Waals surface area contributed by atoms with E-state index in [1.807, 2.05) is 12.1 Å². The normalized spacial score (nSPS) is 13.3. The SMILES string of the molecule is N#Cc1c(N=Cc2cc(I)cc(I)c2OCc2ccc(Cl)cc2Cl)sc2c1CCCC2. The van der Waals surface area contributed by atoms with Crippen LogP contribution in [0.2, 0.25) is 10.0 Å². The Morgan fingerprint density at radius 2 is 1.97 bits per heavy atom. The molecule has 0 amide bonds. The molecule has 0 bridgehead atoms. The van der Waals surface area contributed by atoms with E-state index < -0.39 is 0 Å². The zero-order valence-corrected chi connectivity index (χ0v) is 22.9. The lowest BCUT2D eigenvalue weighted by Crippen LogP contribution is -2.02. The second-order valence-electron chi connectivity index (χ2n) is 7.09. The van der Waals surface area contributed by atoms with Crippen LogP contribution in [0.3, 0.4) is 0 Å².